The summed E-state index contributed by atoms with van der Waals surface area (Å²) in [5.41, 5.74) is 6.29. The number of aromatic nitrogens is 2. The molecule has 19 heavy (non-hydrogen) atoms. The minimum Gasteiger partial charge on any atom is -0.494 e. The van der Waals surface area contributed by atoms with Crippen molar-refractivity contribution in [1.29, 1.82) is 0 Å². The van der Waals surface area contributed by atoms with Gasteiger partial charge in [0.25, 0.3) is 5.56 Å². The number of nitrogens with zero attached hydrogens (tertiary/aromatic N) is 2. The van der Waals surface area contributed by atoms with E-state index < -0.39 is 0 Å². The fourth-order valence-corrected chi connectivity index (χ4v) is 2.04. The lowest BCUT2D eigenvalue weighted by molar-refractivity contribution is 0.300. The number of ether oxygens (including phenoxy) is 1. The molecular weight excluding hydrogens is 357 g/mol. The van der Waals surface area contributed by atoms with E-state index >= 15 is 0 Å². The molecule has 0 saturated carbocycles. The van der Waals surface area contributed by atoms with Crippen LogP contribution in [0.3, 0.4) is 0 Å². The maximum absolute atomic E-state index is 11.7. The van der Waals surface area contributed by atoms with Crippen LogP contribution in [-0.2, 0) is 6.54 Å². The SMILES string of the molecule is Nc1ccc(OCCCn2cncc(I)c2=O)cc1. The fourth-order valence-electron chi connectivity index (χ4n) is 1.57. The summed E-state index contributed by atoms with van der Waals surface area (Å²) < 4.78 is 7.78. The smallest absolute Gasteiger partial charge is 0.266 e. The topological polar surface area (TPSA) is 70.1 Å². The van der Waals surface area contributed by atoms with E-state index in [1.165, 1.54) is 0 Å². The first-order valence-electron chi connectivity index (χ1n) is 5.85. The van der Waals surface area contributed by atoms with Crippen molar-refractivity contribution in [3.63, 3.8) is 0 Å². The van der Waals surface area contributed by atoms with E-state index in [0.29, 0.717) is 22.4 Å². The molecule has 0 bridgehead atoms. The Morgan fingerprint density at radius 3 is 2.79 bits per heavy atom. The first-order valence-corrected chi connectivity index (χ1v) is 6.93. The molecule has 0 aliphatic heterocycles. The molecule has 0 spiro atoms. The van der Waals surface area contributed by atoms with E-state index in [9.17, 15) is 4.79 Å². The van der Waals surface area contributed by atoms with Crippen molar-refractivity contribution in [3.8, 4) is 5.75 Å². The quantitative estimate of drug-likeness (QED) is 0.495. The van der Waals surface area contributed by atoms with Crippen molar-refractivity contribution in [3.05, 3.63) is 50.7 Å². The minimum absolute atomic E-state index is 0.0110. The Hall–Kier alpha value is -1.57. The Kier molecular flexibility index (Phi) is 4.78. The first-order chi connectivity index (χ1) is 9.16. The molecule has 6 heteroatoms. The zero-order chi connectivity index (χ0) is 13.7. The largest absolute Gasteiger partial charge is 0.494 e. The number of rotatable bonds is 5. The zero-order valence-electron chi connectivity index (χ0n) is 10.3. The Balaban J connectivity index is 1.82. The normalized spacial score (nSPS) is 10.4. The Morgan fingerprint density at radius 2 is 2.05 bits per heavy atom. The van der Waals surface area contributed by atoms with Crippen LogP contribution in [0.25, 0.3) is 0 Å². The molecule has 0 saturated heterocycles. The average Bonchev–Trinajstić information content (AvgIpc) is 2.41. The van der Waals surface area contributed by atoms with Gasteiger partial charge in [-0.15, -0.1) is 0 Å². The Bertz CT molecular complexity index is 596. The highest BCUT2D eigenvalue weighted by atomic mass is 127. The Labute approximate surface area is 124 Å². The third-order valence-electron chi connectivity index (χ3n) is 2.55. The highest BCUT2D eigenvalue weighted by Crippen LogP contribution is 2.13. The molecule has 2 rings (SSSR count). The standard InChI is InChI=1S/C13H14IN3O2/c14-12-8-16-9-17(13(12)18)6-1-7-19-11-4-2-10(15)3-5-11/h2-5,8-9H,1,6-7,15H2. The molecule has 2 aromatic rings. The van der Waals surface area contributed by atoms with Crippen molar-refractivity contribution >= 4 is 28.3 Å². The third kappa shape index (κ3) is 3.95. The van der Waals surface area contributed by atoms with Crippen LogP contribution in [-0.4, -0.2) is 16.2 Å². The Morgan fingerprint density at radius 1 is 1.32 bits per heavy atom. The lowest BCUT2D eigenvalue weighted by atomic mass is 10.3. The van der Waals surface area contributed by atoms with Gasteiger partial charge in [-0.3, -0.25) is 9.36 Å². The monoisotopic (exact) mass is 371 g/mol. The summed E-state index contributed by atoms with van der Waals surface area (Å²) in [5.74, 6) is 0.780. The number of hydrogen-bond acceptors (Lipinski definition) is 4. The predicted octanol–water partition coefficient (Wildman–Crippen LogP) is 1.90. The number of benzene rings is 1. The summed E-state index contributed by atoms with van der Waals surface area (Å²) in [5, 5.41) is 0. The van der Waals surface area contributed by atoms with Crippen molar-refractivity contribution < 1.29 is 4.74 Å². The molecule has 100 valence electrons. The van der Waals surface area contributed by atoms with Crippen LogP contribution in [0.1, 0.15) is 6.42 Å². The molecule has 2 N–H and O–H groups in total. The molecule has 1 aromatic carbocycles. The molecule has 1 aromatic heterocycles. The van der Waals surface area contributed by atoms with Crippen LogP contribution in [0.5, 0.6) is 5.75 Å². The van der Waals surface area contributed by atoms with Gasteiger partial charge in [-0.05, 0) is 53.3 Å². The molecule has 0 atom stereocenters. The van der Waals surface area contributed by atoms with Crippen molar-refractivity contribution in [1.82, 2.24) is 9.55 Å². The summed E-state index contributed by atoms with van der Waals surface area (Å²) in [6.45, 7) is 1.14. The van der Waals surface area contributed by atoms with Crippen LogP contribution in [0.4, 0.5) is 5.69 Å². The van der Waals surface area contributed by atoms with Crippen LogP contribution in [0, 0.1) is 3.57 Å². The molecule has 5 nitrogen and oxygen atoms in total. The van der Waals surface area contributed by atoms with Crippen LogP contribution >= 0.6 is 22.6 Å². The van der Waals surface area contributed by atoms with Gasteiger partial charge < -0.3 is 10.5 Å². The van der Waals surface area contributed by atoms with Gasteiger partial charge in [-0.2, -0.15) is 0 Å². The van der Waals surface area contributed by atoms with Gasteiger partial charge in [0.1, 0.15) is 5.75 Å². The summed E-state index contributed by atoms with van der Waals surface area (Å²) in [4.78, 5) is 15.7. The number of nitrogen functional groups attached to an aromatic ring is 1. The van der Waals surface area contributed by atoms with Gasteiger partial charge in [0.05, 0.1) is 16.5 Å². The van der Waals surface area contributed by atoms with E-state index in [1.807, 2.05) is 34.7 Å². The molecule has 0 aliphatic carbocycles. The molecule has 0 radical (unpaired) electrons. The lowest BCUT2D eigenvalue weighted by Gasteiger charge is -2.07. The van der Waals surface area contributed by atoms with E-state index in [2.05, 4.69) is 4.98 Å². The third-order valence-corrected chi connectivity index (χ3v) is 3.29. The second-order valence-corrected chi connectivity index (χ2v) is 5.17. The maximum atomic E-state index is 11.7. The van der Waals surface area contributed by atoms with Crippen LogP contribution < -0.4 is 16.0 Å². The highest BCUT2D eigenvalue weighted by Gasteiger charge is 2.00. The second kappa shape index (κ2) is 6.55. The number of anilines is 1. The second-order valence-electron chi connectivity index (χ2n) is 4.01. The number of aryl methyl sites for hydroxylation is 1. The van der Waals surface area contributed by atoms with Gasteiger partial charge >= 0.3 is 0 Å². The predicted molar refractivity (Wildman–Crippen MR) is 82.2 cm³/mol. The van der Waals surface area contributed by atoms with Gasteiger partial charge in [0, 0.05) is 18.4 Å². The van der Waals surface area contributed by atoms with Crippen LogP contribution in [0.2, 0.25) is 0 Å². The van der Waals surface area contributed by atoms with E-state index in [1.54, 1.807) is 29.2 Å². The van der Waals surface area contributed by atoms with Crippen LogP contribution in [0.15, 0.2) is 41.6 Å². The number of hydrogen-bond donors (Lipinski definition) is 1. The van der Waals surface area contributed by atoms with Gasteiger partial charge in [0.2, 0.25) is 0 Å². The summed E-state index contributed by atoms with van der Waals surface area (Å²) in [6, 6.07) is 7.25. The number of nitrogens with two attached hydrogens (primary N) is 1. The van der Waals surface area contributed by atoms with Crippen molar-refractivity contribution in [2.75, 3.05) is 12.3 Å². The van der Waals surface area contributed by atoms with Crippen molar-refractivity contribution in [2.45, 2.75) is 13.0 Å². The van der Waals surface area contributed by atoms with Crippen molar-refractivity contribution in [2.24, 2.45) is 0 Å². The average molecular weight is 371 g/mol. The van der Waals surface area contributed by atoms with E-state index in [0.717, 1.165) is 12.2 Å². The lowest BCUT2D eigenvalue weighted by Crippen LogP contribution is -2.23. The van der Waals surface area contributed by atoms with E-state index in [4.69, 9.17) is 10.5 Å². The number of halogens is 1. The molecule has 0 unspecified atom stereocenters. The van der Waals surface area contributed by atoms with Gasteiger partial charge in [-0.1, -0.05) is 0 Å². The summed E-state index contributed by atoms with van der Waals surface area (Å²) >= 11 is 1.98. The molecule has 0 aliphatic rings. The molecule has 0 amide bonds. The fraction of sp³-hybridized carbons (Fsp3) is 0.231. The van der Waals surface area contributed by atoms with Gasteiger partial charge in [-0.25, -0.2) is 4.98 Å². The zero-order valence-corrected chi connectivity index (χ0v) is 12.4. The highest BCUT2D eigenvalue weighted by molar-refractivity contribution is 14.1. The summed E-state index contributed by atoms with van der Waals surface area (Å²) in [6.07, 6.45) is 3.85. The first kappa shape index (κ1) is 13.9. The molecule has 1 heterocycles. The molecular formula is C13H14IN3O2. The van der Waals surface area contributed by atoms with E-state index in [-0.39, 0.29) is 5.56 Å². The maximum Gasteiger partial charge on any atom is 0.266 e. The van der Waals surface area contributed by atoms with Gasteiger partial charge in [0.15, 0.2) is 0 Å². The molecule has 0 fully saturated rings. The minimum atomic E-state index is -0.0110. The summed E-state index contributed by atoms with van der Waals surface area (Å²) in [7, 11) is 0.